The van der Waals surface area contributed by atoms with Crippen molar-refractivity contribution in [3.63, 3.8) is 0 Å². The van der Waals surface area contributed by atoms with E-state index in [0.717, 1.165) is 71.4 Å². The maximum atomic E-state index is 5.39. The first-order valence-corrected chi connectivity index (χ1v) is 9.56. The van der Waals surface area contributed by atoms with Gasteiger partial charge in [0.1, 0.15) is 0 Å². The van der Waals surface area contributed by atoms with Crippen molar-refractivity contribution in [2.24, 2.45) is 4.99 Å². The van der Waals surface area contributed by atoms with Gasteiger partial charge in [0, 0.05) is 56.3 Å². The van der Waals surface area contributed by atoms with Crippen LogP contribution < -0.4 is 5.32 Å². The highest BCUT2D eigenvalue weighted by Gasteiger charge is 2.28. The first-order chi connectivity index (χ1) is 10.6. The number of guanidine groups is 1. The van der Waals surface area contributed by atoms with Crippen LogP contribution in [0, 0.1) is 0 Å². The molecule has 0 atom stereocenters. The second kappa shape index (κ2) is 8.99. The van der Waals surface area contributed by atoms with Crippen LogP contribution in [0.5, 0.6) is 0 Å². The van der Waals surface area contributed by atoms with Gasteiger partial charge >= 0.3 is 0 Å². The minimum atomic E-state index is 0.322. The number of ether oxygens (including phenoxy) is 1. The number of nitrogens with zero attached hydrogens (tertiary/aromatic N) is 3. The number of nitrogens with one attached hydrogen (secondary N) is 1. The van der Waals surface area contributed by atoms with E-state index in [9.17, 15) is 0 Å². The summed E-state index contributed by atoms with van der Waals surface area (Å²) in [5, 5.41) is 3.46. The van der Waals surface area contributed by atoms with E-state index in [-0.39, 0.29) is 0 Å². The highest BCUT2D eigenvalue weighted by molar-refractivity contribution is 8.00. The van der Waals surface area contributed by atoms with Crippen molar-refractivity contribution in [2.45, 2.75) is 31.9 Å². The molecule has 2 rings (SSSR count). The van der Waals surface area contributed by atoms with E-state index in [2.05, 4.69) is 47.6 Å². The van der Waals surface area contributed by atoms with Crippen LogP contribution in [0.25, 0.3) is 0 Å². The van der Waals surface area contributed by atoms with Gasteiger partial charge in [-0.1, -0.05) is 0 Å². The van der Waals surface area contributed by atoms with E-state index in [4.69, 9.17) is 9.73 Å². The Kier molecular flexibility index (Phi) is 7.31. The Bertz CT molecular complexity index is 356. The molecule has 0 aromatic rings. The third-order valence-corrected chi connectivity index (χ3v) is 5.36. The zero-order valence-corrected chi connectivity index (χ0v) is 15.3. The Morgan fingerprint density at radius 2 is 2.05 bits per heavy atom. The standard InChI is InChI=1S/C16H32N4OS/c1-4-17-15(20-10-13-22-16(2,3)14-20)18-6-5-7-19-8-11-21-12-9-19/h4-14H2,1-3H3,(H,17,18). The van der Waals surface area contributed by atoms with E-state index in [1.807, 2.05) is 0 Å². The van der Waals surface area contributed by atoms with Gasteiger partial charge in [-0.2, -0.15) is 11.8 Å². The van der Waals surface area contributed by atoms with Crippen LogP contribution in [0.15, 0.2) is 4.99 Å². The molecular weight excluding hydrogens is 296 g/mol. The van der Waals surface area contributed by atoms with Crippen LogP contribution in [-0.4, -0.2) is 85.3 Å². The third kappa shape index (κ3) is 5.97. The molecule has 22 heavy (non-hydrogen) atoms. The summed E-state index contributed by atoms with van der Waals surface area (Å²) in [6.07, 6.45) is 1.13. The van der Waals surface area contributed by atoms with Crippen molar-refractivity contribution in [1.82, 2.24) is 15.1 Å². The molecule has 0 bridgehead atoms. The van der Waals surface area contributed by atoms with Gasteiger partial charge in [0.2, 0.25) is 0 Å². The van der Waals surface area contributed by atoms with Gasteiger partial charge in [-0.05, 0) is 27.2 Å². The predicted octanol–water partition coefficient (Wildman–Crippen LogP) is 1.50. The van der Waals surface area contributed by atoms with Crippen molar-refractivity contribution in [1.29, 1.82) is 0 Å². The van der Waals surface area contributed by atoms with E-state index >= 15 is 0 Å². The van der Waals surface area contributed by atoms with Crippen molar-refractivity contribution in [3.8, 4) is 0 Å². The Labute approximate surface area is 139 Å². The maximum Gasteiger partial charge on any atom is 0.193 e. The Balaban J connectivity index is 1.78. The highest BCUT2D eigenvalue weighted by Crippen LogP contribution is 2.29. The highest BCUT2D eigenvalue weighted by atomic mass is 32.2. The molecule has 2 heterocycles. The number of hydrogen-bond donors (Lipinski definition) is 1. The number of aliphatic imine (C=N–C) groups is 1. The largest absolute Gasteiger partial charge is 0.379 e. The summed E-state index contributed by atoms with van der Waals surface area (Å²) in [6.45, 7) is 15.9. The van der Waals surface area contributed by atoms with Crippen LogP contribution in [0.3, 0.4) is 0 Å². The van der Waals surface area contributed by atoms with Gasteiger partial charge in [0.05, 0.1) is 13.2 Å². The molecule has 0 unspecified atom stereocenters. The molecule has 2 saturated heterocycles. The van der Waals surface area contributed by atoms with E-state index in [1.54, 1.807) is 0 Å². The quantitative estimate of drug-likeness (QED) is 0.470. The van der Waals surface area contributed by atoms with Crippen LogP contribution in [0.4, 0.5) is 0 Å². The second-order valence-corrected chi connectivity index (χ2v) is 8.38. The Morgan fingerprint density at radius 1 is 1.27 bits per heavy atom. The topological polar surface area (TPSA) is 40.1 Å². The van der Waals surface area contributed by atoms with Crippen molar-refractivity contribution in [3.05, 3.63) is 0 Å². The summed E-state index contributed by atoms with van der Waals surface area (Å²) in [6, 6.07) is 0. The Morgan fingerprint density at radius 3 is 2.73 bits per heavy atom. The Hall–Kier alpha value is -0.460. The summed E-state index contributed by atoms with van der Waals surface area (Å²) in [4.78, 5) is 9.76. The lowest BCUT2D eigenvalue weighted by molar-refractivity contribution is 0.0377. The molecular formula is C16H32N4OS. The van der Waals surface area contributed by atoms with Crippen LogP contribution in [0.2, 0.25) is 0 Å². The number of rotatable bonds is 5. The smallest absolute Gasteiger partial charge is 0.193 e. The lowest BCUT2D eigenvalue weighted by atomic mass is 10.2. The number of thioether (sulfide) groups is 1. The van der Waals surface area contributed by atoms with Gasteiger partial charge in [-0.25, -0.2) is 0 Å². The summed E-state index contributed by atoms with van der Waals surface area (Å²) in [7, 11) is 0. The number of morpholine rings is 1. The molecule has 128 valence electrons. The monoisotopic (exact) mass is 328 g/mol. The van der Waals surface area contributed by atoms with Gasteiger partial charge < -0.3 is 15.0 Å². The molecule has 5 nitrogen and oxygen atoms in total. The molecule has 0 radical (unpaired) electrons. The predicted molar refractivity (Wildman–Crippen MR) is 96.0 cm³/mol. The average Bonchev–Trinajstić information content (AvgIpc) is 2.50. The van der Waals surface area contributed by atoms with Crippen LogP contribution >= 0.6 is 11.8 Å². The van der Waals surface area contributed by atoms with Crippen LogP contribution in [0.1, 0.15) is 27.2 Å². The van der Waals surface area contributed by atoms with Crippen molar-refractivity contribution in [2.75, 3.05) is 64.8 Å². The normalized spacial score (nSPS) is 23.6. The lowest BCUT2D eigenvalue weighted by Gasteiger charge is -2.39. The summed E-state index contributed by atoms with van der Waals surface area (Å²) < 4.78 is 5.71. The summed E-state index contributed by atoms with van der Waals surface area (Å²) >= 11 is 2.06. The molecule has 0 aromatic carbocycles. The average molecular weight is 329 g/mol. The first kappa shape index (κ1) is 17.9. The van der Waals surface area contributed by atoms with E-state index in [0.29, 0.717) is 4.75 Å². The van der Waals surface area contributed by atoms with Gasteiger partial charge in [0.15, 0.2) is 5.96 Å². The molecule has 0 aromatic heterocycles. The molecule has 0 spiro atoms. The van der Waals surface area contributed by atoms with E-state index < -0.39 is 0 Å². The molecule has 0 aliphatic carbocycles. The third-order valence-electron chi connectivity index (χ3n) is 4.06. The molecule has 0 saturated carbocycles. The molecule has 2 aliphatic heterocycles. The fourth-order valence-corrected chi connectivity index (χ4v) is 4.04. The minimum Gasteiger partial charge on any atom is -0.379 e. The fourth-order valence-electron chi connectivity index (χ4n) is 2.93. The zero-order chi connectivity index (χ0) is 15.8. The summed E-state index contributed by atoms with van der Waals surface area (Å²) in [5.74, 6) is 2.28. The fraction of sp³-hybridized carbons (Fsp3) is 0.938. The number of hydrogen-bond acceptors (Lipinski definition) is 4. The molecule has 2 fully saturated rings. The van der Waals surface area contributed by atoms with Gasteiger partial charge in [-0.3, -0.25) is 9.89 Å². The molecule has 1 N–H and O–H groups in total. The first-order valence-electron chi connectivity index (χ1n) is 8.58. The second-order valence-electron chi connectivity index (χ2n) is 6.57. The van der Waals surface area contributed by atoms with Gasteiger partial charge in [-0.15, -0.1) is 0 Å². The molecule has 0 amide bonds. The van der Waals surface area contributed by atoms with Crippen molar-refractivity contribution >= 4 is 17.7 Å². The van der Waals surface area contributed by atoms with Crippen molar-refractivity contribution < 1.29 is 4.74 Å². The maximum absolute atomic E-state index is 5.39. The van der Waals surface area contributed by atoms with Crippen LogP contribution in [-0.2, 0) is 4.74 Å². The molecule has 6 heteroatoms. The lowest BCUT2D eigenvalue weighted by Crippen LogP contribution is -2.51. The molecule has 2 aliphatic rings. The SMILES string of the molecule is CCNC(=NCCCN1CCOCC1)N1CCSC(C)(C)C1. The summed E-state index contributed by atoms with van der Waals surface area (Å²) in [5.41, 5.74) is 0. The van der Waals surface area contributed by atoms with Gasteiger partial charge in [0.25, 0.3) is 0 Å². The zero-order valence-electron chi connectivity index (χ0n) is 14.4. The minimum absolute atomic E-state index is 0.322. The van der Waals surface area contributed by atoms with E-state index in [1.165, 1.54) is 5.75 Å².